The molecule has 0 aromatic carbocycles. The molecule has 0 unspecified atom stereocenters. The summed E-state index contributed by atoms with van der Waals surface area (Å²) >= 11 is 0. The van der Waals surface area contributed by atoms with Crippen LogP contribution < -0.4 is 4.74 Å². The molecule has 0 aliphatic heterocycles. The summed E-state index contributed by atoms with van der Waals surface area (Å²) in [5, 5.41) is 11.0. The highest BCUT2D eigenvalue weighted by atomic mass is 19.1. The molecule has 2 heterocycles. The number of aromatic nitrogens is 5. The van der Waals surface area contributed by atoms with Crippen molar-refractivity contribution in [3.05, 3.63) is 24.4 Å². The van der Waals surface area contributed by atoms with Crippen LogP contribution in [-0.4, -0.2) is 32.1 Å². The van der Waals surface area contributed by atoms with Crippen LogP contribution in [0.2, 0.25) is 0 Å². The first kappa shape index (κ1) is 8.54. The highest BCUT2D eigenvalue weighted by Crippen LogP contribution is 2.03. The molecule has 0 bridgehead atoms. The van der Waals surface area contributed by atoms with E-state index < -0.39 is 5.82 Å². The van der Waals surface area contributed by atoms with Crippen LogP contribution in [-0.2, 0) is 0 Å². The van der Waals surface area contributed by atoms with Gasteiger partial charge < -0.3 is 4.74 Å². The van der Waals surface area contributed by atoms with Gasteiger partial charge >= 0.3 is 0 Å². The predicted molar refractivity (Wildman–Crippen MR) is 43.5 cm³/mol. The third-order valence-electron chi connectivity index (χ3n) is 1.49. The molecule has 0 amide bonds. The van der Waals surface area contributed by atoms with Crippen LogP contribution in [0.5, 0.6) is 5.88 Å². The van der Waals surface area contributed by atoms with Crippen molar-refractivity contribution in [3.63, 3.8) is 0 Å². The van der Waals surface area contributed by atoms with E-state index in [1.165, 1.54) is 18.0 Å². The first-order valence-electron chi connectivity index (χ1n) is 3.74. The summed E-state index contributed by atoms with van der Waals surface area (Å²) in [5.41, 5.74) is 0. The van der Waals surface area contributed by atoms with Crippen molar-refractivity contribution in [2.24, 2.45) is 0 Å². The summed E-state index contributed by atoms with van der Waals surface area (Å²) in [6, 6.07) is 0. The molecule has 0 saturated heterocycles. The van der Waals surface area contributed by atoms with Crippen molar-refractivity contribution >= 4 is 0 Å². The highest BCUT2D eigenvalue weighted by Gasteiger charge is 2.03. The zero-order valence-corrected chi connectivity index (χ0v) is 7.25. The van der Waals surface area contributed by atoms with Crippen molar-refractivity contribution in [2.45, 2.75) is 0 Å². The molecular formula is C7H6FN5O. The average Bonchev–Trinajstić information content (AvgIpc) is 2.65. The van der Waals surface area contributed by atoms with E-state index in [1.54, 1.807) is 0 Å². The lowest BCUT2D eigenvalue weighted by Gasteiger charge is -1.98. The number of hydrogen-bond donors (Lipinski definition) is 0. The molecule has 2 aromatic heterocycles. The molecule has 2 aromatic rings. The number of methoxy groups -OCH3 is 1. The standard InChI is InChI=1S/C7H6FN5O/c1-14-6-3-9-7(12-11-6)13-4-5(8)2-10-13/h2-4H,1H3. The van der Waals surface area contributed by atoms with E-state index in [0.717, 1.165) is 12.4 Å². The van der Waals surface area contributed by atoms with Crippen LogP contribution in [0.25, 0.3) is 5.95 Å². The Hall–Kier alpha value is -2.05. The number of hydrogen-bond acceptors (Lipinski definition) is 5. The van der Waals surface area contributed by atoms with Crippen LogP contribution >= 0.6 is 0 Å². The Labute approximate surface area is 78.4 Å². The zero-order valence-electron chi connectivity index (χ0n) is 7.25. The molecule has 0 radical (unpaired) electrons. The van der Waals surface area contributed by atoms with Crippen LogP contribution in [0.15, 0.2) is 18.6 Å². The number of rotatable bonds is 2. The minimum absolute atomic E-state index is 0.190. The first-order valence-corrected chi connectivity index (χ1v) is 3.74. The van der Waals surface area contributed by atoms with E-state index in [-0.39, 0.29) is 5.95 Å². The lowest BCUT2D eigenvalue weighted by Crippen LogP contribution is -2.03. The Morgan fingerprint density at radius 1 is 1.36 bits per heavy atom. The lowest BCUT2D eigenvalue weighted by atomic mass is 10.7. The Bertz CT molecular complexity index is 426. The number of ether oxygens (including phenoxy) is 1. The summed E-state index contributed by atoms with van der Waals surface area (Å²) in [6.45, 7) is 0. The molecule has 0 atom stereocenters. The van der Waals surface area contributed by atoms with E-state index in [2.05, 4.69) is 20.3 Å². The molecular weight excluding hydrogens is 189 g/mol. The molecule has 6 nitrogen and oxygen atoms in total. The molecule has 0 aliphatic rings. The third-order valence-corrected chi connectivity index (χ3v) is 1.49. The summed E-state index contributed by atoms with van der Waals surface area (Å²) in [6.07, 6.45) is 3.60. The first-order chi connectivity index (χ1) is 6.79. The van der Waals surface area contributed by atoms with Crippen molar-refractivity contribution < 1.29 is 9.13 Å². The van der Waals surface area contributed by atoms with E-state index >= 15 is 0 Å². The van der Waals surface area contributed by atoms with E-state index in [1.807, 2.05) is 0 Å². The third kappa shape index (κ3) is 1.51. The maximum Gasteiger partial charge on any atom is 0.270 e. The molecule has 14 heavy (non-hydrogen) atoms. The Morgan fingerprint density at radius 3 is 2.71 bits per heavy atom. The van der Waals surface area contributed by atoms with Gasteiger partial charge in [-0.2, -0.15) is 5.10 Å². The normalized spacial score (nSPS) is 10.1. The Morgan fingerprint density at radius 2 is 2.21 bits per heavy atom. The number of halogens is 1. The van der Waals surface area contributed by atoms with Crippen molar-refractivity contribution in [2.75, 3.05) is 7.11 Å². The van der Waals surface area contributed by atoms with E-state index in [4.69, 9.17) is 4.74 Å². The highest BCUT2D eigenvalue weighted by molar-refractivity contribution is 5.10. The molecule has 72 valence electrons. The summed E-state index contributed by atoms with van der Waals surface area (Å²) in [4.78, 5) is 3.87. The molecule has 0 aliphatic carbocycles. The average molecular weight is 195 g/mol. The van der Waals surface area contributed by atoms with Gasteiger partial charge in [-0.15, -0.1) is 10.2 Å². The van der Waals surface area contributed by atoms with E-state index in [9.17, 15) is 4.39 Å². The van der Waals surface area contributed by atoms with Gasteiger partial charge in [0.05, 0.1) is 25.7 Å². The van der Waals surface area contributed by atoms with Gasteiger partial charge in [-0.05, 0) is 0 Å². The maximum atomic E-state index is 12.6. The zero-order chi connectivity index (χ0) is 9.97. The molecule has 0 fully saturated rings. The lowest BCUT2D eigenvalue weighted by molar-refractivity contribution is 0.388. The summed E-state index contributed by atoms with van der Waals surface area (Å²) in [5.74, 6) is 0.0282. The molecule has 0 spiro atoms. The second-order valence-corrected chi connectivity index (χ2v) is 2.40. The van der Waals surface area contributed by atoms with Gasteiger partial charge in [-0.3, -0.25) is 0 Å². The van der Waals surface area contributed by atoms with Crippen LogP contribution in [0.1, 0.15) is 0 Å². The van der Waals surface area contributed by atoms with Gasteiger partial charge in [0, 0.05) is 0 Å². The summed E-state index contributed by atoms with van der Waals surface area (Å²) in [7, 11) is 1.46. The van der Waals surface area contributed by atoms with Crippen molar-refractivity contribution in [1.82, 2.24) is 25.0 Å². The second kappa shape index (κ2) is 3.36. The second-order valence-electron chi connectivity index (χ2n) is 2.40. The largest absolute Gasteiger partial charge is 0.479 e. The van der Waals surface area contributed by atoms with Crippen LogP contribution in [0.3, 0.4) is 0 Å². The monoisotopic (exact) mass is 195 g/mol. The SMILES string of the molecule is COc1cnc(-n2cc(F)cn2)nn1. The Kier molecular flexibility index (Phi) is 2.05. The van der Waals surface area contributed by atoms with Crippen LogP contribution in [0, 0.1) is 5.82 Å². The van der Waals surface area contributed by atoms with Gasteiger partial charge in [-0.25, -0.2) is 14.1 Å². The molecule has 0 N–H and O–H groups in total. The van der Waals surface area contributed by atoms with Crippen molar-refractivity contribution in [3.8, 4) is 11.8 Å². The molecule has 7 heteroatoms. The van der Waals surface area contributed by atoms with E-state index in [0.29, 0.717) is 5.88 Å². The predicted octanol–water partition coefficient (Wildman–Crippen LogP) is 0.205. The molecule has 0 saturated carbocycles. The minimum atomic E-state index is -0.454. The number of nitrogens with zero attached hydrogens (tertiary/aromatic N) is 5. The van der Waals surface area contributed by atoms with Crippen molar-refractivity contribution in [1.29, 1.82) is 0 Å². The minimum Gasteiger partial charge on any atom is -0.479 e. The quantitative estimate of drug-likeness (QED) is 0.685. The van der Waals surface area contributed by atoms with Gasteiger partial charge in [0.25, 0.3) is 11.8 Å². The summed E-state index contributed by atoms with van der Waals surface area (Å²) < 4.78 is 18.5. The molecule has 2 rings (SSSR count). The van der Waals surface area contributed by atoms with Gasteiger partial charge in [0.1, 0.15) is 0 Å². The Balaban J connectivity index is 2.33. The van der Waals surface area contributed by atoms with Gasteiger partial charge in [-0.1, -0.05) is 0 Å². The fourth-order valence-corrected chi connectivity index (χ4v) is 0.867. The fourth-order valence-electron chi connectivity index (χ4n) is 0.867. The van der Waals surface area contributed by atoms with Crippen LogP contribution in [0.4, 0.5) is 4.39 Å². The fraction of sp³-hybridized carbons (Fsp3) is 0.143. The smallest absolute Gasteiger partial charge is 0.270 e. The van der Waals surface area contributed by atoms with Gasteiger partial charge in [0.15, 0.2) is 5.82 Å². The van der Waals surface area contributed by atoms with Gasteiger partial charge in [0.2, 0.25) is 0 Å². The maximum absolute atomic E-state index is 12.6. The topological polar surface area (TPSA) is 65.7 Å².